The monoisotopic (exact) mass is 100 g/mol. The van der Waals surface area contributed by atoms with Crippen LogP contribution in [0.1, 0.15) is 0 Å². The van der Waals surface area contributed by atoms with Crippen LogP contribution in [0, 0.1) is 0 Å². The van der Waals surface area contributed by atoms with Crippen molar-refractivity contribution in [3.8, 4) is 0 Å². The zero-order valence-electron chi connectivity index (χ0n) is 2.43. The molecule has 32 valence electrons. The second-order valence-corrected chi connectivity index (χ2v) is 0.449. The molecule has 0 aromatic rings. The van der Waals surface area contributed by atoms with Crippen LogP contribution in [-0.2, 0) is 0 Å². The molecule has 0 aliphatic carbocycles. The third-order valence-corrected chi connectivity index (χ3v) is 0.123. The van der Waals surface area contributed by atoms with Gasteiger partial charge in [0.05, 0.1) is 0 Å². The Morgan fingerprint density at radius 3 is 2.00 bits per heavy atom. The Morgan fingerprint density at radius 2 is 2.00 bits per heavy atom. The Morgan fingerprint density at radius 1 is 1.83 bits per heavy atom. The van der Waals surface area contributed by atoms with E-state index >= 15 is 0 Å². The molecule has 0 unspecified atom stereocenters. The van der Waals surface area contributed by atoms with E-state index in [9.17, 15) is 0 Å². The van der Waals surface area contributed by atoms with Gasteiger partial charge in [-0.25, -0.2) is 10.6 Å². The number of rotatable bonds is 0. The molecule has 0 aromatic carbocycles. The van der Waals surface area contributed by atoms with Crippen LogP contribution in [-0.4, -0.2) is 40.8 Å². The molecule has 0 rings (SSSR count). The van der Waals surface area contributed by atoms with Crippen LogP contribution in [0.3, 0.4) is 0 Å². The van der Waals surface area contributed by atoms with Crippen molar-refractivity contribution in [3.63, 3.8) is 0 Å². The molecule has 0 aliphatic rings. The number of hydrogen-bond donors (Lipinski definition) is 3. The van der Waals surface area contributed by atoms with E-state index in [2.05, 4.69) is 5.84 Å². The molecule has 0 saturated carbocycles. The minimum atomic E-state index is -1.22. The summed E-state index contributed by atoms with van der Waals surface area (Å²) >= 11 is 0. The van der Waals surface area contributed by atoms with Crippen LogP contribution in [0.2, 0.25) is 0 Å². The summed E-state index contributed by atoms with van der Waals surface area (Å²) in [4.78, 5) is 9.13. The van der Waals surface area contributed by atoms with Gasteiger partial charge in [0.25, 0.3) is 0 Å². The number of carbonyl (C=O) groups is 1. The van der Waals surface area contributed by atoms with Gasteiger partial charge in [0.2, 0.25) is 0 Å². The van der Waals surface area contributed by atoms with Gasteiger partial charge in [0.1, 0.15) is 0 Å². The second-order valence-electron chi connectivity index (χ2n) is 0.449. The first kappa shape index (κ1) is 9.52. The fourth-order valence-corrected chi connectivity index (χ4v) is 0. The zero-order valence-corrected chi connectivity index (χ0v) is 2.43. The standard InChI is InChI=1S/CH4N2O2.Na.H/c2-3-1(4)5;;/h3H,2H2,(H,4,5);;. The third kappa shape index (κ3) is 8.87. The molecular weight excluding hydrogens is 95.0 g/mol. The van der Waals surface area contributed by atoms with Crippen molar-refractivity contribution < 1.29 is 9.90 Å². The maximum absolute atomic E-state index is 9.13. The average Bonchev–Trinajstić information content (AvgIpc) is 1.38. The summed E-state index contributed by atoms with van der Waals surface area (Å²) in [5.41, 5.74) is 1.44. The van der Waals surface area contributed by atoms with Gasteiger partial charge < -0.3 is 5.11 Å². The van der Waals surface area contributed by atoms with Gasteiger partial charge in [-0.15, -0.1) is 0 Å². The first-order valence-corrected chi connectivity index (χ1v) is 0.966. The normalized spacial score (nSPS) is 5.50. The molecule has 4 N–H and O–H groups in total. The van der Waals surface area contributed by atoms with Crippen LogP contribution in [0.4, 0.5) is 4.79 Å². The minimum absolute atomic E-state index is 0. The molecule has 4 nitrogen and oxygen atoms in total. The van der Waals surface area contributed by atoms with Crippen LogP contribution < -0.4 is 11.3 Å². The molecule has 0 spiro atoms. The molecule has 5 heteroatoms. The van der Waals surface area contributed by atoms with Gasteiger partial charge in [-0.3, -0.25) is 5.43 Å². The first-order valence-electron chi connectivity index (χ1n) is 0.966. The number of amides is 1. The Balaban J connectivity index is 0. The van der Waals surface area contributed by atoms with E-state index in [1.807, 2.05) is 0 Å². The van der Waals surface area contributed by atoms with Crippen molar-refractivity contribution in [1.82, 2.24) is 5.43 Å². The van der Waals surface area contributed by atoms with Gasteiger partial charge in [-0.05, 0) is 0 Å². The number of nitrogens with two attached hydrogens (primary N) is 1. The summed E-state index contributed by atoms with van der Waals surface area (Å²) in [6, 6.07) is 0. The van der Waals surface area contributed by atoms with Gasteiger partial charge in [0, 0.05) is 0 Å². The SMILES string of the molecule is NNC(=O)O.[NaH]. The molecular formula is CH5N2NaO2. The molecule has 0 radical (unpaired) electrons. The van der Waals surface area contributed by atoms with Crippen LogP contribution >= 0.6 is 0 Å². The molecule has 0 fully saturated rings. The van der Waals surface area contributed by atoms with Crippen LogP contribution in [0.15, 0.2) is 0 Å². The second kappa shape index (κ2) is 5.23. The Bertz CT molecular complexity index is 46.8. The summed E-state index contributed by atoms with van der Waals surface area (Å²) < 4.78 is 0. The summed E-state index contributed by atoms with van der Waals surface area (Å²) in [5.74, 6) is 4.32. The Hall–Kier alpha value is 0.230. The maximum atomic E-state index is 9.13. The summed E-state index contributed by atoms with van der Waals surface area (Å²) in [6.07, 6.45) is -1.22. The van der Waals surface area contributed by atoms with E-state index in [0.29, 0.717) is 0 Å². The molecule has 0 heterocycles. The number of hydrogen-bond acceptors (Lipinski definition) is 2. The molecule has 0 atom stereocenters. The van der Waals surface area contributed by atoms with E-state index in [-0.39, 0.29) is 29.6 Å². The zero-order chi connectivity index (χ0) is 4.28. The number of nitrogens with one attached hydrogen (secondary N) is 1. The quantitative estimate of drug-likeness (QED) is 0.150. The number of carboxylic acid groups (broad SMARTS) is 1. The fourth-order valence-electron chi connectivity index (χ4n) is 0. The topological polar surface area (TPSA) is 75.3 Å². The predicted octanol–water partition coefficient (Wildman–Crippen LogP) is -1.52. The van der Waals surface area contributed by atoms with Crippen molar-refractivity contribution >= 4 is 35.7 Å². The molecule has 0 bridgehead atoms. The van der Waals surface area contributed by atoms with Gasteiger partial charge in [-0.1, -0.05) is 0 Å². The van der Waals surface area contributed by atoms with E-state index < -0.39 is 6.09 Å². The molecule has 0 aromatic heterocycles. The van der Waals surface area contributed by atoms with Crippen molar-refractivity contribution in [3.05, 3.63) is 0 Å². The summed E-state index contributed by atoms with van der Waals surface area (Å²) in [6.45, 7) is 0. The molecule has 0 aliphatic heterocycles. The molecule has 1 amide bonds. The Labute approximate surface area is 57.0 Å². The van der Waals surface area contributed by atoms with Gasteiger partial charge >= 0.3 is 35.7 Å². The van der Waals surface area contributed by atoms with Crippen molar-refractivity contribution in [2.45, 2.75) is 0 Å². The summed E-state index contributed by atoms with van der Waals surface area (Å²) in [5, 5.41) is 7.49. The third-order valence-electron chi connectivity index (χ3n) is 0.123. The van der Waals surface area contributed by atoms with Gasteiger partial charge in [-0.2, -0.15) is 0 Å². The Kier molecular flexibility index (Phi) is 8.30. The van der Waals surface area contributed by atoms with E-state index in [1.165, 1.54) is 5.43 Å². The first-order chi connectivity index (χ1) is 2.27. The fraction of sp³-hybridized carbons (Fsp3) is 0. The predicted molar refractivity (Wildman–Crippen MR) is 22.5 cm³/mol. The molecule has 6 heavy (non-hydrogen) atoms. The molecule has 0 saturated heterocycles. The van der Waals surface area contributed by atoms with Crippen LogP contribution in [0.5, 0.6) is 0 Å². The summed E-state index contributed by atoms with van der Waals surface area (Å²) in [7, 11) is 0. The number of hydrazine groups is 1. The average molecular weight is 100 g/mol. The van der Waals surface area contributed by atoms with Crippen LogP contribution in [0.25, 0.3) is 0 Å². The van der Waals surface area contributed by atoms with Gasteiger partial charge in [0.15, 0.2) is 0 Å². The van der Waals surface area contributed by atoms with E-state index in [0.717, 1.165) is 0 Å². The van der Waals surface area contributed by atoms with Crippen molar-refractivity contribution in [2.75, 3.05) is 0 Å². The van der Waals surface area contributed by atoms with Crippen molar-refractivity contribution in [2.24, 2.45) is 5.84 Å². The van der Waals surface area contributed by atoms with Crippen molar-refractivity contribution in [1.29, 1.82) is 0 Å². The van der Waals surface area contributed by atoms with E-state index in [1.54, 1.807) is 0 Å². The van der Waals surface area contributed by atoms with E-state index in [4.69, 9.17) is 9.90 Å².